The molecule has 2 aromatic heterocycles. The van der Waals surface area contributed by atoms with Crippen molar-refractivity contribution in [1.29, 1.82) is 0 Å². The minimum atomic E-state index is -0.471. The fourth-order valence-corrected chi connectivity index (χ4v) is 3.55. The number of carbonyl (C=O) groups excluding carboxylic acids is 2. The van der Waals surface area contributed by atoms with E-state index in [4.69, 9.17) is 16.6 Å². The van der Waals surface area contributed by atoms with E-state index in [1.165, 1.54) is 7.11 Å². The van der Waals surface area contributed by atoms with Crippen LogP contribution in [-0.2, 0) is 4.74 Å². The fourth-order valence-electron chi connectivity index (χ4n) is 2.41. The van der Waals surface area contributed by atoms with Crippen LogP contribution in [-0.4, -0.2) is 29.1 Å². The Morgan fingerprint density at radius 1 is 1.27 bits per heavy atom. The number of esters is 1. The number of benzene rings is 1. The van der Waals surface area contributed by atoms with Crippen LogP contribution < -0.4 is 10.6 Å². The molecular weight excluding hydrogens is 374 g/mol. The van der Waals surface area contributed by atoms with Gasteiger partial charge in [-0.2, -0.15) is 0 Å². The average Bonchev–Trinajstić information content (AvgIpc) is 3.14. The van der Waals surface area contributed by atoms with Gasteiger partial charge in [0.15, 0.2) is 16.0 Å². The van der Waals surface area contributed by atoms with E-state index in [0.29, 0.717) is 21.3 Å². The van der Waals surface area contributed by atoms with E-state index in [1.807, 2.05) is 25.1 Å². The summed E-state index contributed by atoms with van der Waals surface area (Å²) < 4.78 is 10.3. The Kier molecular flexibility index (Phi) is 5.01. The smallest absolute Gasteiger partial charge is 0.350 e. The molecule has 0 atom stereocenters. The van der Waals surface area contributed by atoms with Crippen LogP contribution in [0.15, 0.2) is 28.7 Å². The maximum Gasteiger partial charge on any atom is 0.350 e. The second-order valence-electron chi connectivity index (χ2n) is 5.39. The summed E-state index contributed by atoms with van der Waals surface area (Å²) in [6.07, 6.45) is 0. The monoisotopic (exact) mass is 389 g/mol. The van der Waals surface area contributed by atoms with E-state index < -0.39 is 11.9 Å². The van der Waals surface area contributed by atoms with E-state index in [0.717, 1.165) is 22.3 Å². The molecule has 3 aromatic rings. The van der Waals surface area contributed by atoms with E-state index >= 15 is 0 Å². The van der Waals surface area contributed by atoms with Gasteiger partial charge in [0.05, 0.1) is 12.8 Å². The first-order valence-electron chi connectivity index (χ1n) is 7.57. The Bertz CT molecular complexity index is 1020. The van der Waals surface area contributed by atoms with Gasteiger partial charge in [-0.3, -0.25) is 10.1 Å². The van der Waals surface area contributed by atoms with E-state index in [9.17, 15) is 9.59 Å². The molecule has 9 heteroatoms. The summed E-state index contributed by atoms with van der Waals surface area (Å²) in [5, 5.41) is 6.66. The molecule has 3 rings (SSSR count). The number of furan rings is 1. The number of thiazole rings is 1. The Hall–Kier alpha value is -2.78. The van der Waals surface area contributed by atoms with E-state index in [1.54, 1.807) is 13.0 Å². The molecule has 0 bridgehead atoms. The van der Waals surface area contributed by atoms with Crippen molar-refractivity contribution in [3.8, 4) is 0 Å². The topological polar surface area (TPSA) is 93.5 Å². The number of aromatic nitrogens is 1. The number of aryl methyl sites for hydroxylation is 2. The first-order chi connectivity index (χ1) is 12.4. The third-order valence-corrected chi connectivity index (χ3v) is 4.92. The second kappa shape index (κ2) is 7.22. The summed E-state index contributed by atoms with van der Waals surface area (Å²) in [5.41, 5.74) is 1.89. The normalized spacial score (nSPS) is 10.6. The molecule has 2 N–H and O–H groups in total. The van der Waals surface area contributed by atoms with Crippen molar-refractivity contribution in [3.05, 3.63) is 46.2 Å². The Labute approximate surface area is 158 Å². The van der Waals surface area contributed by atoms with Crippen LogP contribution in [0.2, 0.25) is 0 Å². The van der Waals surface area contributed by atoms with Gasteiger partial charge in [0.1, 0.15) is 10.5 Å². The van der Waals surface area contributed by atoms with Gasteiger partial charge in [-0.05, 0) is 32.1 Å². The van der Waals surface area contributed by atoms with Crippen molar-refractivity contribution in [2.24, 2.45) is 0 Å². The lowest BCUT2D eigenvalue weighted by Gasteiger charge is -2.06. The van der Waals surface area contributed by atoms with Gasteiger partial charge < -0.3 is 14.5 Å². The first kappa shape index (κ1) is 18.0. The molecule has 134 valence electrons. The average molecular weight is 389 g/mol. The molecule has 26 heavy (non-hydrogen) atoms. The number of hydrogen-bond donors (Lipinski definition) is 2. The molecule has 2 heterocycles. The SMILES string of the molecule is COC(=O)c1sc(NC(=S)NC(=O)c2oc3ccccc3c2C)nc1C. The molecule has 0 aliphatic heterocycles. The summed E-state index contributed by atoms with van der Waals surface area (Å²) in [5.74, 6) is -0.737. The van der Waals surface area contributed by atoms with Crippen LogP contribution in [0.25, 0.3) is 11.0 Å². The highest BCUT2D eigenvalue weighted by Crippen LogP contribution is 2.25. The standard InChI is InChI=1S/C17H15N3O4S2/c1-8-10-6-4-5-7-11(10)24-12(8)14(21)19-16(25)20-17-18-9(2)13(26-17)15(22)23-3/h4-7H,1-3H3,(H2,18,19,20,21,25). The van der Waals surface area contributed by atoms with Crippen molar-refractivity contribution in [3.63, 3.8) is 0 Å². The predicted octanol–water partition coefficient (Wildman–Crippen LogP) is 3.42. The number of methoxy groups -OCH3 is 1. The molecule has 1 aromatic carbocycles. The number of thiocarbonyl (C=S) groups is 1. The Morgan fingerprint density at radius 2 is 2.00 bits per heavy atom. The van der Waals surface area contributed by atoms with Crippen LogP contribution in [0.4, 0.5) is 5.13 Å². The quantitative estimate of drug-likeness (QED) is 0.524. The van der Waals surface area contributed by atoms with Crippen molar-refractivity contribution in [2.45, 2.75) is 13.8 Å². The highest BCUT2D eigenvalue weighted by molar-refractivity contribution is 7.80. The number of amides is 1. The van der Waals surface area contributed by atoms with Crippen LogP contribution in [0, 0.1) is 13.8 Å². The lowest BCUT2D eigenvalue weighted by molar-refractivity contribution is 0.0605. The van der Waals surface area contributed by atoms with Gasteiger partial charge in [-0.15, -0.1) is 0 Å². The van der Waals surface area contributed by atoms with Gasteiger partial charge in [-0.1, -0.05) is 29.5 Å². The van der Waals surface area contributed by atoms with Crippen molar-refractivity contribution in [1.82, 2.24) is 10.3 Å². The van der Waals surface area contributed by atoms with Crippen LogP contribution in [0.5, 0.6) is 0 Å². The molecule has 1 amide bonds. The van der Waals surface area contributed by atoms with Gasteiger partial charge in [0.2, 0.25) is 0 Å². The molecular formula is C17H15N3O4S2. The predicted molar refractivity (Wildman–Crippen MR) is 103 cm³/mol. The van der Waals surface area contributed by atoms with Gasteiger partial charge >= 0.3 is 5.97 Å². The number of para-hydroxylation sites is 1. The number of nitrogens with zero attached hydrogens (tertiary/aromatic N) is 1. The molecule has 0 spiro atoms. The first-order valence-corrected chi connectivity index (χ1v) is 8.79. The third-order valence-electron chi connectivity index (χ3n) is 3.66. The molecule has 7 nitrogen and oxygen atoms in total. The largest absolute Gasteiger partial charge is 0.465 e. The van der Waals surface area contributed by atoms with Crippen LogP contribution in [0.1, 0.15) is 31.5 Å². The highest BCUT2D eigenvalue weighted by Gasteiger charge is 2.20. The summed E-state index contributed by atoms with van der Waals surface area (Å²) in [4.78, 5) is 28.6. The zero-order valence-electron chi connectivity index (χ0n) is 14.2. The molecule has 0 saturated carbocycles. The summed E-state index contributed by atoms with van der Waals surface area (Å²) in [7, 11) is 1.30. The van der Waals surface area contributed by atoms with Crippen LogP contribution in [0.3, 0.4) is 0 Å². The number of carbonyl (C=O) groups is 2. The lowest BCUT2D eigenvalue weighted by Crippen LogP contribution is -2.34. The zero-order chi connectivity index (χ0) is 18.8. The summed E-state index contributed by atoms with van der Waals surface area (Å²) in [6.45, 7) is 3.50. The molecule has 0 fully saturated rings. The van der Waals surface area contributed by atoms with Crippen molar-refractivity contribution >= 4 is 56.6 Å². The van der Waals surface area contributed by atoms with Crippen LogP contribution >= 0.6 is 23.6 Å². The number of ether oxygens (including phenoxy) is 1. The van der Waals surface area contributed by atoms with Crippen molar-refractivity contribution < 1.29 is 18.7 Å². The second-order valence-corrected chi connectivity index (χ2v) is 6.79. The maximum absolute atomic E-state index is 12.4. The minimum Gasteiger partial charge on any atom is -0.465 e. The Morgan fingerprint density at radius 3 is 2.69 bits per heavy atom. The fraction of sp³-hybridized carbons (Fsp3) is 0.176. The molecule has 0 radical (unpaired) electrons. The lowest BCUT2D eigenvalue weighted by atomic mass is 10.1. The third kappa shape index (κ3) is 3.44. The molecule has 0 unspecified atom stereocenters. The summed E-state index contributed by atoms with van der Waals surface area (Å²) in [6, 6.07) is 7.39. The Balaban J connectivity index is 1.72. The zero-order valence-corrected chi connectivity index (χ0v) is 15.8. The van der Waals surface area contributed by atoms with Gasteiger partial charge in [-0.25, -0.2) is 9.78 Å². The molecule has 0 saturated heterocycles. The van der Waals surface area contributed by atoms with Gasteiger partial charge in [0, 0.05) is 10.9 Å². The number of hydrogen-bond acceptors (Lipinski definition) is 7. The minimum absolute atomic E-state index is 0.0556. The number of anilines is 1. The molecule has 0 aliphatic carbocycles. The van der Waals surface area contributed by atoms with Gasteiger partial charge in [0.25, 0.3) is 5.91 Å². The van der Waals surface area contributed by atoms with Crippen molar-refractivity contribution in [2.75, 3.05) is 12.4 Å². The van der Waals surface area contributed by atoms with E-state index in [-0.39, 0.29) is 10.9 Å². The van der Waals surface area contributed by atoms with E-state index in [2.05, 4.69) is 20.4 Å². The molecule has 0 aliphatic rings. The maximum atomic E-state index is 12.4. The number of fused-ring (bicyclic) bond motifs is 1. The highest BCUT2D eigenvalue weighted by atomic mass is 32.1. The summed E-state index contributed by atoms with van der Waals surface area (Å²) >= 11 is 6.24. The number of rotatable bonds is 3. The number of nitrogens with one attached hydrogen (secondary N) is 2.